The normalized spacial score (nSPS) is 16.2. The van der Waals surface area contributed by atoms with Gasteiger partial charge in [-0.3, -0.25) is 14.3 Å². The predicted octanol–water partition coefficient (Wildman–Crippen LogP) is 4.46. The summed E-state index contributed by atoms with van der Waals surface area (Å²) in [5.74, 6) is 0.305. The second-order valence-electron chi connectivity index (χ2n) is 8.18. The third-order valence-electron chi connectivity index (χ3n) is 6.40. The summed E-state index contributed by atoms with van der Waals surface area (Å²) < 4.78 is 1.95. The van der Waals surface area contributed by atoms with Crippen LogP contribution in [0.4, 0.5) is 0 Å². The van der Waals surface area contributed by atoms with E-state index in [0.29, 0.717) is 38.1 Å². The molecule has 0 unspecified atom stereocenters. The topological polar surface area (TPSA) is 55.2 Å². The Kier molecular flexibility index (Phi) is 6.91. The van der Waals surface area contributed by atoms with Gasteiger partial charge in [-0.25, -0.2) is 0 Å². The number of hydrogen-bond acceptors (Lipinski definition) is 3. The second-order valence-corrected chi connectivity index (χ2v) is 8.18. The highest BCUT2D eigenvalue weighted by molar-refractivity contribution is 5.93. The minimum absolute atomic E-state index is 0.00245. The Hall–Kier alpha value is -2.69. The van der Waals surface area contributed by atoms with E-state index in [2.05, 4.69) is 24.2 Å². The number of amides is 1. The molecule has 1 aromatic heterocycles. The fraction of sp³-hybridized carbons (Fsp3) is 0.480. The summed E-state index contributed by atoms with van der Waals surface area (Å²) in [6.45, 7) is 10.1. The highest BCUT2D eigenvalue weighted by Crippen LogP contribution is 2.38. The maximum atomic E-state index is 13.1. The van der Waals surface area contributed by atoms with Crippen molar-refractivity contribution in [3.05, 3.63) is 58.9 Å². The van der Waals surface area contributed by atoms with Gasteiger partial charge < -0.3 is 4.90 Å². The Morgan fingerprint density at radius 2 is 1.77 bits per heavy atom. The molecule has 0 spiro atoms. The molecule has 5 nitrogen and oxygen atoms in total. The molecule has 0 saturated carbocycles. The predicted molar refractivity (Wildman–Crippen MR) is 120 cm³/mol. The number of aromatic nitrogens is 2. The van der Waals surface area contributed by atoms with Gasteiger partial charge in [-0.2, -0.15) is 5.10 Å². The summed E-state index contributed by atoms with van der Waals surface area (Å²) >= 11 is 0. The molecule has 0 bridgehead atoms. The van der Waals surface area contributed by atoms with Crippen LogP contribution in [0.15, 0.2) is 36.4 Å². The zero-order valence-corrected chi connectivity index (χ0v) is 18.6. The lowest BCUT2D eigenvalue weighted by Gasteiger charge is -2.41. The van der Waals surface area contributed by atoms with E-state index in [9.17, 15) is 9.59 Å². The molecule has 2 heterocycles. The highest BCUT2D eigenvalue weighted by Gasteiger charge is 2.42. The molecule has 2 aromatic rings. The van der Waals surface area contributed by atoms with Gasteiger partial charge in [0, 0.05) is 43.4 Å². The summed E-state index contributed by atoms with van der Waals surface area (Å²) in [7, 11) is 0. The maximum Gasteiger partial charge on any atom is 0.246 e. The van der Waals surface area contributed by atoms with Crippen LogP contribution in [0.2, 0.25) is 0 Å². The van der Waals surface area contributed by atoms with Crippen LogP contribution < -0.4 is 0 Å². The molecule has 1 saturated heterocycles. The average molecular weight is 408 g/mol. The van der Waals surface area contributed by atoms with E-state index < -0.39 is 5.41 Å². The van der Waals surface area contributed by atoms with E-state index in [0.717, 1.165) is 35.5 Å². The number of benzene rings is 1. The molecule has 0 aliphatic carbocycles. The van der Waals surface area contributed by atoms with E-state index in [4.69, 9.17) is 0 Å². The first-order valence-corrected chi connectivity index (χ1v) is 11.0. The molecule has 1 aliphatic heterocycles. The van der Waals surface area contributed by atoms with E-state index in [1.165, 1.54) is 0 Å². The van der Waals surface area contributed by atoms with E-state index >= 15 is 0 Å². The van der Waals surface area contributed by atoms with Crippen LogP contribution in [0.5, 0.6) is 0 Å². The number of rotatable bonds is 7. The van der Waals surface area contributed by atoms with Gasteiger partial charge in [0.05, 0.1) is 11.1 Å². The quantitative estimate of drug-likeness (QED) is 0.637. The van der Waals surface area contributed by atoms with Gasteiger partial charge in [-0.05, 0) is 51.7 Å². The Bertz CT molecular complexity index is 919. The van der Waals surface area contributed by atoms with Crippen molar-refractivity contribution in [3.8, 4) is 0 Å². The molecule has 0 N–H and O–H groups in total. The number of Topliss-reactive ketones (excluding diaryl/α,β-unsaturated/α-hetero) is 1. The lowest BCUT2D eigenvalue weighted by Crippen LogP contribution is -2.48. The number of carbonyl (C=O) groups excluding carboxylic acids is 2. The molecule has 1 aliphatic rings. The Morgan fingerprint density at radius 3 is 2.33 bits per heavy atom. The van der Waals surface area contributed by atoms with E-state index in [1.807, 2.05) is 54.6 Å². The maximum absolute atomic E-state index is 13.1. The van der Waals surface area contributed by atoms with Crippen molar-refractivity contribution in [1.29, 1.82) is 0 Å². The molecular formula is C25H33N3O2. The number of aryl methyl sites for hydroxylation is 2. The van der Waals surface area contributed by atoms with Crippen molar-refractivity contribution in [1.82, 2.24) is 14.7 Å². The van der Waals surface area contributed by atoms with Crippen LogP contribution in [0.25, 0.3) is 6.08 Å². The van der Waals surface area contributed by atoms with Crippen LogP contribution >= 0.6 is 0 Å². The smallest absolute Gasteiger partial charge is 0.246 e. The SMILES string of the molecule is CCCC(=O)C1(c2ccccc2)CCN(C(=O)C=Cc2c(C)nn(CC)c2C)CC1. The van der Waals surface area contributed by atoms with Crippen LogP contribution in [0.3, 0.4) is 0 Å². The molecule has 1 aromatic carbocycles. The summed E-state index contributed by atoms with van der Waals surface area (Å²) in [5, 5.41) is 4.51. The summed E-state index contributed by atoms with van der Waals surface area (Å²) in [4.78, 5) is 27.8. The van der Waals surface area contributed by atoms with E-state index in [1.54, 1.807) is 6.08 Å². The molecule has 1 amide bonds. The van der Waals surface area contributed by atoms with Gasteiger partial charge in [-0.15, -0.1) is 0 Å². The van der Waals surface area contributed by atoms with Gasteiger partial charge in [0.15, 0.2) is 0 Å². The van der Waals surface area contributed by atoms with Crippen LogP contribution in [0.1, 0.15) is 62.0 Å². The van der Waals surface area contributed by atoms with Crippen molar-refractivity contribution in [2.45, 2.75) is 65.3 Å². The summed E-state index contributed by atoms with van der Waals surface area (Å²) in [5.41, 5.74) is 3.65. The standard InChI is InChI=1S/C25H33N3O2/c1-5-10-23(29)25(21-11-8-7-9-12-21)15-17-27(18-16-25)24(30)14-13-22-19(3)26-28(6-2)20(22)4/h7-9,11-14H,5-6,10,15-18H2,1-4H3. The molecule has 1 fully saturated rings. The molecule has 3 rings (SSSR count). The Labute approximate surface area is 179 Å². The molecular weight excluding hydrogens is 374 g/mol. The van der Waals surface area contributed by atoms with Crippen LogP contribution in [-0.2, 0) is 21.5 Å². The first-order valence-electron chi connectivity index (χ1n) is 11.0. The lowest BCUT2D eigenvalue weighted by molar-refractivity contribution is -0.132. The van der Waals surface area contributed by atoms with Crippen molar-refractivity contribution >= 4 is 17.8 Å². The van der Waals surface area contributed by atoms with Gasteiger partial charge in [-0.1, -0.05) is 37.3 Å². The fourth-order valence-electron chi connectivity index (χ4n) is 4.58. The number of hydrogen-bond donors (Lipinski definition) is 0. The van der Waals surface area contributed by atoms with Crippen molar-refractivity contribution in [2.24, 2.45) is 0 Å². The second kappa shape index (κ2) is 9.41. The van der Waals surface area contributed by atoms with Crippen molar-refractivity contribution in [2.75, 3.05) is 13.1 Å². The molecule has 5 heteroatoms. The van der Waals surface area contributed by atoms with Crippen LogP contribution in [-0.4, -0.2) is 39.5 Å². The summed E-state index contributed by atoms with van der Waals surface area (Å²) in [6, 6.07) is 10.1. The van der Waals surface area contributed by atoms with Crippen LogP contribution in [0, 0.1) is 13.8 Å². The monoisotopic (exact) mass is 407 g/mol. The van der Waals surface area contributed by atoms with Gasteiger partial charge in [0.2, 0.25) is 5.91 Å². The number of piperidine rings is 1. The molecule has 0 radical (unpaired) electrons. The Morgan fingerprint density at radius 1 is 1.10 bits per heavy atom. The zero-order chi connectivity index (χ0) is 21.7. The van der Waals surface area contributed by atoms with Gasteiger partial charge in [0.25, 0.3) is 0 Å². The minimum Gasteiger partial charge on any atom is -0.339 e. The van der Waals surface area contributed by atoms with Crippen molar-refractivity contribution in [3.63, 3.8) is 0 Å². The minimum atomic E-state index is -0.465. The van der Waals surface area contributed by atoms with Gasteiger partial charge >= 0.3 is 0 Å². The third kappa shape index (κ3) is 4.25. The highest BCUT2D eigenvalue weighted by atomic mass is 16.2. The van der Waals surface area contributed by atoms with Gasteiger partial charge in [0.1, 0.15) is 5.78 Å². The molecule has 0 atom stereocenters. The number of likely N-dealkylation sites (tertiary alicyclic amines) is 1. The largest absolute Gasteiger partial charge is 0.339 e. The summed E-state index contributed by atoms with van der Waals surface area (Å²) in [6.07, 6.45) is 6.34. The number of nitrogens with zero attached hydrogens (tertiary/aromatic N) is 3. The average Bonchev–Trinajstić information content (AvgIpc) is 3.05. The molecule has 160 valence electrons. The molecule has 30 heavy (non-hydrogen) atoms. The third-order valence-corrected chi connectivity index (χ3v) is 6.40. The first kappa shape index (κ1) is 22.0. The zero-order valence-electron chi connectivity index (χ0n) is 18.6. The number of ketones is 1. The van der Waals surface area contributed by atoms with E-state index in [-0.39, 0.29) is 5.91 Å². The fourth-order valence-corrected chi connectivity index (χ4v) is 4.58. The van der Waals surface area contributed by atoms with Crippen molar-refractivity contribution < 1.29 is 9.59 Å². The Balaban J connectivity index is 1.74. The first-order chi connectivity index (χ1) is 14.4. The number of carbonyl (C=O) groups is 2. The lowest BCUT2D eigenvalue weighted by atomic mass is 9.68.